The highest BCUT2D eigenvalue weighted by molar-refractivity contribution is 7.13. The van der Waals surface area contributed by atoms with Gasteiger partial charge in [0.15, 0.2) is 0 Å². The van der Waals surface area contributed by atoms with Gasteiger partial charge in [-0.15, -0.1) is 10.2 Å². The van der Waals surface area contributed by atoms with Gasteiger partial charge in [0, 0.05) is 32.1 Å². The van der Waals surface area contributed by atoms with Gasteiger partial charge in [0.1, 0.15) is 5.51 Å². The monoisotopic (exact) mass is 425 g/mol. The number of urea groups is 1. The van der Waals surface area contributed by atoms with E-state index in [1.807, 2.05) is 4.90 Å². The summed E-state index contributed by atoms with van der Waals surface area (Å²) in [7, 11) is 0. The van der Waals surface area contributed by atoms with E-state index >= 15 is 0 Å². The molecule has 2 fully saturated rings. The number of rotatable bonds is 2. The van der Waals surface area contributed by atoms with Gasteiger partial charge in [-0.2, -0.15) is 13.2 Å². The Morgan fingerprint density at radius 2 is 1.93 bits per heavy atom. The molecule has 0 unspecified atom stereocenters. The molecule has 0 saturated carbocycles. The summed E-state index contributed by atoms with van der Waals surface area (Å²) in [5, 5.41) is 25.5. The number of carboxylic acid groups (broad SMARTS) is 2. The standard InChI is InChI=1S/C12H17N5O3S.C2HF3O2/c13-10(20)16-3-1-2-12(9(18)19)6-17(5-8(12)4-16)11-15-14-7-21-11;3-2(4,5)1(6)7/h7-8H,1-6H2,(H2,13,20)(H,18,19);(H,6,7)/t8-,12-;/m0./s1. The molecule has 3 rings (SSSR count). The number of carbonyl (C=O) groups excluding carboxylic acids is 1. The quantitative estimate of drug-likeness (QED) is 0.631. The van der Waals surface area contributed by atoms with Crippen LogP contribution in [0.4, 0.5) is 23.1 Å². The number of carboxylic acids is 2. The Hall–Kier alpha value is -2.64. The number of nitrogens with two attached hydrogens (primary N) is 1. The molecule has 3 heterocycles. The zero-order valence-corrected chi connectivity index (χ0v) is 15.2. The third-order valence-electron chi connectivity index (χ3n) is 4.79. The molecular weight excluding hydrogens is 407 g/mol. The lowest BCUT2D eigenvalue weighted by Gasteiger charge is -2.28. The third kappa shape index (κ3) is 4.61. The normalized spacial score (nSPS) is 24.6. The van der Waals surface area contributed by atoms with Gasteiger partial charge in [-0.25, -0.2) is 9.59 Å². The summed E-state index contributed by atoms with van der Waals surface area (Å²) in [6, 6.07) is -0.481. The molecule has 14 heteroatoms. The molecule has 2 amide bonds. The van der Waals surface area contributed by atoms with Crippen molar-refractivity contribution < 1.29 is 37.8 Å². The van der Waals surface area contributed by atoms with Gasteiger partial charge < -0.3 is 25.7 Å². The Morgan fingerprint density at radius 1 is 1.29 bits per heavy atom. The number of hydrogen-bond acceptors (Lipinski definition) is 7. The van der Waals surface area contributed by atoms with Crippen LogP contribution in [-0.2, 0) is 9.59 Å². The minimum absolute atomic E-state index is 0.145. The summed E-state index contributed by atoms with van der Waals surface area (Å²) < 4.78 is 31.7. The van der Waals surface area contributed by atoms with Gasteiger partial charge in [0.2, 0.25) is 5.13 Å². The van der Waals surface area contributed by atoms with E-state index in [1.165, 1.54) is 11.3 Å². The zero-order valence-electron chi connectivity index (χ0n) is 14.4. The highest BCUT2D eigenvalue weighted by Crippen LogP contribution is 2.44. The van der Waals surface area contributed by atoms with Crippen LogP contribution in [0.2, 0.25) is 0 Å². The second-order valence-corrected chi connectivity index (χ2v) is 7.26. The van der Waals surface area contributed by atoms with Crippen LogP contribution in [0.15, 0.2) is 5.51 Å². The fraction of sp³-hybridized carbons (Fsp3) is 0.643. The second-order valence-electron chi connectivity index (χ2n) is 6.45. The van der Waals surface area contributed by atoms with Crippen molar-refractivity contribution in [2.75, 3.05) is 31.1 Å². The van der Waals surface area contributed by atoms with Crippen LogP contribution < -0.4 is 10.6 Å². The van der Waals surface area contributed by atoms with Crippen molar-refractivity contribution in [1.82, 2.24) is 15.1 Å². The maximum absolute atomic E-state index is 11.9. The molecule has 0 bridgehead atoms. The topological polar surface area (TPSA) is 150 Å². The summed E-state index contributed by atoms with van der Waals surface area (Å²) in [5.74, 6) is -3.70. The van der Waals surface area contributed by atoms with E-state index in [0.717, 1.165) is 5.13 Å². The average Bonchev–Trinajstić information content (AvgIpc) is 3.19. The van der Waals surface area contributed by atoms with E-state index < -0.39 is 29.6 Å². The summed E-state index contributed by atoms with van der Waals surface area (Å²) in [6.45, 7) is 1.89. The predicted octanol–water partition coefficient (Wildman–Crippen LogP) is 0.853. The number of fused-ring (bicyclic) bond motifs is 1. The van der Waals surface area contributed by atoms with Gasteiger partial charge >= 0.3 is 24.1 Å². The van der Waals surface area contributed by atoms with Crippen LogP contribution in [0, 0.1) is 11.3 Å². The lowest BCUT2D eigenvalue weighted by Crippen LogP contribution is -2.44. The molecule has 4 N–H and O–H groups in total. The van der Waals surface area contributed by atoms with Crippen LogP contribution in [0.25, 0.3) is 0 Å². The van der Waals surface area contributed by atoms with E-state index in [9.17, 15) is 27.9 Å². The van der Waals surface area contributed by atoms with Crippen molar-refractivity contribution in [2.45, 2.75) is 19.0 Å². The van der Waals surface area contributed by atoms with Crippen molar-refractivity contribution >= 4 is 34.4 Å². The molecule has 0 radical (unpaired) electrons. The zero-order chi connectivity index (χ0) is 21.1. The number of halogens is 3. The first-order chi connectivity index (χ1) is 13.0. The molecule has 0 aromatic carbocycles. The Kier molecular flexibility index (Phi) is 6.31. The number of carbonyl (C=O) groups is 3. The van der Waals surface area contributed by atoms with E-state index in [0.29, 0.717) is 39.0 Å². The van der Waals surface area contributed by atoms with Crippen molar-refractivity contribution in [3.05, 3.63) is 5.51 Å². The Balaban J connectivity index is 0.000000345. The number of primary amides is 1. The van der Waals surface area contributed by atoms with E-state index in [2.05, 4.69) is 10.2 Å². The molecule has 2 atom stereocenters. The molecule has 2 aliphatic heterocycles. The SMILES string of the molecule is NC(=O)N1CCC[C@]2(C(=O)O)CN(c3nncs3)C[C@@H]2C1.O=C(O)C(F)(F)F. The highest BCUT2D eigenvalue weighted by atomic mass is 32.1. The van der Waals surface area contributed by atoms with E-state index in [4.69, 9.17) is 15.6 Å². The number of nitrogens with zero attached hydrogens (tertiary/aromatic N) is 4. The van der Waals surface area contributed by atoms with Crippen molar-refractivity contribution in [1.29, 1.82) is 0 Å². The lowest BCUT2D eigenvalue weighted by molar-refractivity contribution is -0.192. The van der Waals surface area contributed by atoms with Crippen molar-refractivity contribution in [3.63, 3.8) is 0 Å². The molecule has 0 aliphatic carbocycles. The molecule has 2 saturated heterocycles. The summed E-state index contributed by atoms with van der Waals surface area (Å²) in [4.78, 5) is 35.8. The van der Waals surface area contributed by atoms with Gasteiger partial charge in [0.05, 0.1) is 5.41 Å². The molecule has 156 valence electrons. The molecule has 1 aromatic rings. The van der Waals surface area contributed by atoms with Gasteiger partial charge in [-0.1, -0.05) is 11.3 Å². The van der Waals surface area contributed by atoms with Gasteiger partial charge in [-0.05, 0) is 12.8 Å². The van der Waals surface area contributed by atoms with Gasteiger partial charge in [0.25, 0.3) is 0 Å². The van der Waals surface area contributed by atoms with Gasteiger partial charge in [-0.3, -0.25) is 4.79 Å². The molecule has 28 heavy (non-hydrogen) atoms. The first-order valence-electron chi connectivity index (χ1n) is 8.06. The van der Waals surface area contributed by atoms with E-state index in [-0.39, 0.29) is 5.92 Å². The van der Waals surface area contributed by atoms with Crippen molar-refractivity contribution in [3.8, 4) is 0 Å². The highest BCUT2D eigenvalue weighted by Gasteiger charge is 2.54. The lowest BCUT2D eigenvalue weighted by atomic mass is 9.75. The number of alkyl halides is 3. The van der Waals surface area contributed by atoms with Crippen LogP contribution in [0.1, 0.15) is 12.8 Å². The second kappa shape index (κ2) is 8.16. The van der Waals surface area contributed by atoms with Crippen LogP contribution in [0.3, 0.4) is 0 Å². The summed E-state index contributed by atoms with van der Waals surface area (Å²) in [6.07, 6.45) is -3.89. The Morgan fingerprint density at radius 3 is 2.39 bits per heavy atom. The largest absolute Gasteiger partial charge is 0.490 e. The summed E-state index contributed by atoms with van der Waals surface area (Å²) >= 11 is 1.39. The minimum atomic E-state index is -5.08. The molecule has 1 aromatic heterocycles. The van der Waals surface area contributed by atoms with E-state index in [1.54, 1.807) is 10.4 Å². The fourth-order valence-corrected chi connectivity index (χ4v) is 4.00. The average molecular weight is 425 g/mol. The molecular formula is C14H18F3N5O5S. The maximum Gasteiger partial charge on any atom is 0.490 e. The maximum atomic E-state index is 11.9. The van der Waals surface area contributed by atoms with Crippen molar-refractivity contribution in [2.24, 2.45) is 17.1 Å². The molecule has 0 spiro atoms. The van der Waals surface area contributed by atoms with Crippen LogP contribution in [0.5, 0.6) is 0 Å². The van der Waals surface area contributed by atoms with Crippen LogP contribution >= 0.6 is 11.3 Å². The third-order valence-corrected chi connectivity index (χ3v) is 5.54. The first-order valence-corrected chi connectivity index (χ1v) is 8.94. The minimum Gasteiger partial charge on any atom is -0.481 e. The first kappa shape index (κ1) is 21.7. The number of aliphatic carboxylic acids is 2. The number of likely N-dealkylation sites (tertiary alicyclic amines) is 1. The molecule has 2 aliphatic rings. The van der Waals surface area contributed by atoms with Crippen LogP contribution in [-0.4, -0.2) is 75.6 Å². The molecule has 10 nitrogen and oxygen atoms in total. The summed E-state index contributed by atoms with van der Waals surface area (Å²) in [5.41, 5.74) is 6.17. The number of aromatic nitrogens is 2. The predicted molar refractivity (Wildman–Crippen MR) is 89.8 cm³/mol. The number of amides is 2. The fourth-order valence-electron chi connectivity index (χ4n) is 3.43. The number of hydrogen-bond donors (Lipinski definition) is 3. The Bertz CT molecular complexity index is 731. The number of anilines is 1. The Labute approximate surface area is 160 Å². The smallest absolute Gasteiger partial charge is 0.481 e.